The molecule has 5 nitrogen and oxygen atoms in total. The van der Waals surface area contributed by atoms with Crippen molar-refractivity contribution in [1.82, 2.24) is 9.97 Å². The molecule has 72 valence electrons. The molecule has 0 amide bonds. The molecule has 0 aliphatic carbocycles. The van der Waals surface area contributed by atoms with Gasteiger partial charge >= 0.3 is 0 Å². The minimum atomic E-state index is 0.208. The molecule has 13 heavy (non-hydrogen) atoms. The van der Waals surface area contributed by atoms with E-state index in [1.165, 1.54) is 6.33 Å². The van der Waals surface area contributed by atoms with Gasteiger partial charge in [-0.2, -0.15) is 0 Å². The second-order valence-electron chi connectivity index (χ2n) is 2.83. The fraction of sp³-hybridized carbons (Fsp3) is 0.500. The van der Waals surface area contributed by atoms with E-state index in [1.807, 2.05) is 6.92 Å². The van der Waals surface area contributed by atoms with Crippen LogP contribution in [0.2, 0.25) is 0 Å². The number of nitrogen functional groups attached to an aromatic ring is 1. The van der Waals surface area contributed by atoms with Crippen LogP contribution < -0.4 is 11.1 Å². The van der Waals surface area contributed by atoms with E-state index in [-0.39, 0.29) is 6.04 Å². The third-order valence-corrected chi connectivity index (χ3v) is 1.50. The normalized spacial score (nSPS) is 12.5. The zero-order valence-electron chi connectivity index (χ0n) is 7.82. The maximum atomic E-state index is 5.49. The van der Waals surface area contributed by atoms with E-state index in [0.29, 0.717) is 12.4 Å². The molecule has 1 rings (SSSR count). The van der Waals surface area contributed by atoms with Crippen LogP contribution in [0.4, 0.5) is 11.6 Å². The smallest absolute Gasteiger partial charge is 0.131 e. The van der Waals surface area contributed by atoms with Gasteiger partial charge in [0.2, 0.25) is 0 Å². The number of rotatable bonds is 4. The summed E-state index contributed by atoms with van der Waals surface area (Å²) in [5.74, 6) is 1.18. The Kier molecular flexibility index (Phi) is 3.45. The minimum Gasteiger partial charge on any atom is -0.384 e. The number of nitrogens with one attached hydrogen (secondary N) is 1. The lowest BCUT2D eigenvalue weighted by Crippen LogP contribution is -2.21. The first-order valence-corrected chi connectivity index (χ1v) is 4.05. The van der Waals surface area contributed by atoms with E-state index in [2.05, 4.69) is 15.3 Å². The summed E-state index contributed by atoms with van der Waals surface area (Å²) in [4.78, 5) is 7.79. The number of nitrogens with zero attached hydrogens (tertiary/aromatic N) is 2. The predicted octanol–water partition coefficient (Wildman–Crippen LogP) is 0.506. The lowest BCUT2D eigenvalue weighted by Gasteiger charge is -2.12. The maximum absolute atomic E-state index is 5.49. The van der Waals surface area contributed by atoms with Crippen LogP contribution in [0.3, 0.4) is 0 Å². The Bertz CT molecular complexity index is 266. The highest BCUT2D eigenvalue weighted by molar-refractivity contribution is 5.43. The van der Waals surface area contributed by atoms with Crippen LogP contribution in [0, 0.1) is 0 Å². The first-order valence-electron chi connectivity index (χ1n) is 4.05. The van der Waals surface area contributed by atoms with Gasteiger partial charge in [-0.1, -0.05) is 0 Å². The second kappa shape index (κ2) is 4.61. The zero-order chi connectivity index (χ0) is 9.68. The van der Waals surface area contributed by atoms with Crippen molar-refractivity contribution in [1.29, 1.82) is 0 Å². The van der Waals surface area contributed by atoms with Gasteiger partial charge in [0.1, 0.15) is 18.0 Å². The first kappa shape index (κ1) is 9.73. The molecular formula is C8H14N4O. The second-order valence-corrected chi connectivity index (χ2v) is 2.83. The third kappa shape index (κ3) is 3.25. The van der Waals surface area contributed by atoms with Crippen molar-refractivity contribution in [3.8, 4) is 0 Å². The number of hydrogen-bond donors (Lipinski definition) is 2. The van der Waals surface area contributed by atoms with Gasteiger partial charge in [0.05, 0.1) is 6.61 Å². The molecule has 0 aliphatic heterocycles. The number of hydrogen-bond acceptors (Lipinski definition) is 5. The number of nitrogens with two attached hydrogens (primary N) is 1. The van der Waals surface area contributed by atoms with Gasteiger partial charge in [-0.25, -0.2) is 9.97 Å². The number of aromatic nitrogens is 2. The van der Waals surface area contributed by atoms with Gasteiger partial charge in [0.25, 0.3) is 0 Å². The molecule has 5 heteroatoms. The Morgan fingerprint density at radius 1 is 1.62 bits per heavy atom. The largest absolute Gasteiger partial charge is 0.384 e. The molecule has 0 aromatic carbocycles. The van der Waals surface area contributed by atoms with Crippen LogP contribution in [0.15, 0.2) is 12.4 Å². The molecule has 0 fully saturated rings. The summed E-state index contributed by atoms with van der Waals surface area (Å²) < 4.78 is 4.97. The molecule has 0 radical (unpaired) electrons. The Morgan fingerprint density at radius 3 is 3.00 bits per heavy atom. The average Bonchev–Trinajstić information content (AvgIpc) is 2.04. The minimum absolute atomic E-state index is 0.208. The average molecular weight is 182 g/mol. The fourth-order valence-electron chi connectivity index (χ4n) is 0.995. The molecule has 1 unspecified atom stereocenters. The van der Waals surface area contributed by atoms with Gasteiger partial charge in [0, 0.05) is 19.2 Å². The van der Waals surface area contributed by atoms with Crippen LogP contribution in [-0.4, -0.2) is 29.7 Å². The van der Waals surface area contributed by atoms with Crippen LogP contribution in [0.5, 0.6) is 0 Å². The van der Waals surface area contributed by atoms with Crippen LogP contribution >= 0.6 is 0 Å². The van der Waals surface area contributed by atoms with E-state index in [9.17, 15) is 0 Å². The van der Waals surface area contributed by atoms with E-state index >= 15 is 0 Å². The molecule has 0 saturated carbocycles. The Labute approximate surface area is 77.3 Å². The Hall–Kier alpha value is -1.36. The number of ether oxygens (including phenoxy) is 1. The van der Waals surface area contributed by atoms with Crippen molar-refractivity contribution in [2.45, 2.75) is 13.0 Å². The molecule has 0 saturated heterocycles. The van der Waals surface area contributed by atoms with E-state index in [0.717, 1.165) is 5.82 Å². The molecule has 0 spiro atoms. The van der Waals surface area contributed by atoms with E-state index in [4.69, 9.17) is 10.5 Å². The van der Waals surface area contributed by atoms with E-state index in [1.54, 1.807) is 13.2 Å². The summed E-state index contributed by atoms with van der Waals surface area (Å²) in [6.07, 6.45) is 1.43. The quantitative estimate of drug-likeness (QED) is 0.709. The van der Waals surface area contributed by atoms with Crippen molar-refractivity contribution in [3.05, 3.63) is 12.4 Å². The van der Waals surface area contributed by atoms with Gasteiger partial charge in [-0.05, 0) is 6.92 Å². The van der Waals surface area contributed by atoms with Crippen LogP contribution in [0.1, 0.15) is 6.92 Å². The molecule has 1 aromatic heterocycles. The van der Waals surface area contributed by atoms with Crippen molar-refractivity contribution < 1.29 is 4.74 Å². The van der Waals surface area contributed by atoms with Gasteiger partial charge < -0.3 is 15.8 Å². The monoisotopic (exact) mass is 182 g/mol. The lowest BCUT2D eigenvalue weighted by molar-refractivity contribution is 0.190. The predicted molar refractivity (Wildman–Crippen MR) is 51.4 cm³/mol. The molecule has 0 aliphatic rings. The summed E-state index contributed by atoms with van der Waals surface area (Å²) in [6, 6.07) is 1.89. The van der Waals surface area contributed by atoms with Gasteiger partial charge in [-0.15, -0.1) is 0 Å². The van der Waals surface area contributed by atoms with Crippen LogP contribution in [0.25, 0.3) is 0 Å². The van der Waals surface area contributed by atoms with Gasteiger partial charge in [-0.3, -0.25) is 0 Å². The van der Waals surface area contributed by atoms with Crippen molar-refractivity contribution in [3.63, 3.8) is 0 Å². The summed E-state index contributed by atoms with van der Waals surface area (Å²) in [6.45, 7) is 2.63. The maximum Gasteiger partial charge on any atom is 0.131 e. The molecular weight excluding hydrogens is 168 g/mol. The SMILES string of the molecule is COCC(C)Nc1cc(N)ncn1. The highest BCUT2D eigenvalue weighted by atomic mass is 16.5. The molecule has 0 bridgehead atoms. The molecule has 1 heterocycles. The first-order chi connectivity index (χ1) is 6.22. The van der Waals surface area contributed by atoms with Crippen LogP contribution in [-0.2, 0) is 4.74 Å². The Balaban J connectivity index is 2.53. The van der Waals surface area contributed by atoms with E-state index < -0.39 is 0 Å². The molecule has 1 atom stereocenters. The van der Waals surface area contributed by atoms with Crippen molar-refractivity contribution in [2.24, 2.45) is 0 Å². The third-order valence-electron chi connectivity index (χ3n) is 1.50. The molecule has 3 N–H and O–H groups in total. The van der Waals surface area contributed by atoms with Crippen molar-refractivity contribution >= 4 is 11.6 Å². The summed E-state index contributed by atoms with van der Waals surface area (Å²) in [5.41, 5.74) is 5.49. The highest BCUT2D eigenvalue weighted by Crippen LogP contribution is 2.06. The standard InChI is InChI=1S/C8H14N4O/c1-6(4-13-2)12-8-3-7(9)10-5-11-8/h3,5-6H,4H2,1-2H3,(H3,9,10,11,12). The zero-order valence-corrected chi connectivity index (χ0v) is 7.82. The number of methoxy groups -OCH3 is 1. The number of anilines is 2. The summed E-state index contributed by atoms with van der Waals surface area (Å²) >= 11 is 0. The lowest BCUT2D eigenvalue weighted by atomic mass is 10.3. The topological polar surface area (TPSA) is 73.1 Å². The summed E-state index contributed by atoms with van der Waals surface area (Å²) in [7, 11) is 1.66. The fourth-order valence-corrected chi connectivity index (χ4v) is 0.995. The molecule has 1 aromatic rings. The van der Waals surface area contributed by atoms with Gasteiger partial charge in [0.15, 0.2) is 0 Å². The Morgan fingerprint density at radius 2 is 2.38 bits per heavy atom. The summed E-state index contributed by atoms with van der Waals surface area (Å²) in [5, 5.41) is 3.13. The van der Waals surface area contributed by atoms with Crippen molar-refractivity contribution in [2.75, 3.05) is 24.8 Å². The highest BCUT2D eigenvalue weighted by Gasteiger charge is 2.01.